The first-order valence-corrected chi connectivity index (χ1v) is 8.19. The number of rotatable bonds is 5. The van der Waals surface area contributed by atoms with Gasteiger partial charge in [-0.15, -0.1) is 0 Å². The number of carboxylic acids is 1. The lowest BCUT2D eigenvalue weighted by Gasteiger charge is -2.23. The van der Waals surface area contributed by atoms with Gasteiger partial charge < -0.3 is 9.84 Å². The summed E-state index contributed by atoms with van der Waals surface area (Å²) < 4.78 is 31.5. The predicted molar refractivity (Wildman–Crippen MR) is 86.7 cm³/mol. The van der Waals surface area contributed by atoms with Gasteiger partial charge in [0.1, 0.15) is 5.75 Å². The number of hydrogen-bond donors (Lipinski definition) is 1. The molecule has 0 bridgehead atoms. The third-order valence-electron chi connectivity index (χ3n) is 3.50. The van der Waals surface area contributed by atoms with E-state index in [-0.39, 0.29) is 16.1 Å². The monoisotopic (exact) mass is 335 g/mol. The number of methoxy groups -OCH3 is 1. The molecule has 2 rings (SSSR count). The molecule has 0 aromatic heterocycles. The minimum Gasteiger partial charge on any atom is -0.497 e. The quantitative estimate of drug-likeness (QED) is 0.908. The highest BCUT2D eigenvalue weighted by Crippen LogP contribution is 2.29. The van der Waals surface area contributed by atoms with Crippen molar-refractivity contribution in [2.24, 2.45) is 0 Å². The van der Waals surface area contributed by atoms with Crippen molar-refractivity contribution < 1.29 is 23.1 Å². The highest BCUT2D eigenvalue weighted by Gasteiger charge is 2.26. The fourth-order valence-corrected chi connectivity index (χ4v) is 3.55. The molecule has 0 saturated heterocycles. The van der Waals surface area contributed by atoms with Gasteiger partial charge in [-0.1, -0.05) is 12.1 Å². The van der Waals surface area contributed by atoms with Gasteiger partial charge in [-0.3, -0.25) is 4.31 Å². The zero-order valence-corrected chi connectivity index (χ0v) is 13.8. The Morgan fingerprint density at radius 2 is 1.74 bits per heavy atom. The van der Waals surface area contributed by atoms with Crippen LogP contribution in [0.2, 0.25) is 0 Å². The maximum Gasteiger partial charge on any atom is 0.337 e. The van der Waals surface area contributed by atoms with Crippen LogP contribution in [0.5, 0.6) is 5.75 Å². The number of ether oxygens (including phenoxy) is 1. The van der Waals surface area contributed by atoms with E-state index in [0.29, 0.717) is 11.3 Å². The molecule has 0 spiro atoms. The first kappa shape index (κ1) is 16.8. The molecular weight excluding hydrogens is 318 g/mol. The first-order valence-electron chi connectivity index (χ1n) is 6.75. The Morgan fingerprint density at radius 3 is 2.26 bits per heavy atom. The van der Waals surface area contributed by atoms with E-state index in [4.69, 9.17) is 4.74 Å². The highest BCUT2D eigenvalue weighted by atomic mass is 32.2. The summed E-state index contributed by atoms with van der Waals surface area (Å²) >= 11 is 0. The summed E-state index contributed by atoms with van der Waals surface area (Å²) in [7, 11) is -1.05. The average Bonchev–Trinajstić information content (AvgIpc) is 2.53. The standard InChI is InChI=1S/C16H17NO5S/c1-11-5-4-6-14(16(18)19)15(11)17(2)23(20,21)13-9-7-12(22-3)8-10-13/h4-10H,1-3H3,(H,18,19). The van der Waals surface area contributed by atoms with Crippen molar-refractivity contribution in [3.63, 3.8) is 0 Å². The molecule has 0 saturated carbocycles. The molecule has 0 radical (unpaired) electrons. The van der Waals surface area contributed by atoms with Crippen molar-refractivity contribution in [1.82, 2.24) is 0 Å². The molecule has 0 heterocycles. The third kappa shape index (κ3) is 3.14. The number of para-hydroxylation sites is 1. The molecule has 0 aliphatic carbocycles. The Labute approximate surface area is 135 Å². The summed E-state index contributed by atoms with van der Waals surface area (Å²) in [6.07, 6.45) is 0. The van der Waals surface area contributed by atoms with E-state index in [1.165, 1.54) is 44.5 Å². The number of anilines is 1. The first-order chi connectivity index (χ1) is 10.8. The van der Waals surface area contributed by atoms with Crippen LogP contribution in [0.3, 0.4) is 0 Å². The second-order valence-corrected chi connectivity index (χ2v) is 6.89. The number of benzene rings is 2. The van der Waals surface area contributed by atoms with Crippen LogP contribution in [0.4, 0.5) is 5.69 Å². The van der Waals surface area contributed by atoms with E-state index in [1.807, 2.05) is 0 Å². The van der Waals surface area contributed by atoms with Crippen LogP contribution in [0.25, 0.3) is 0 Å². The zero-order chi connectivity index (χ0) is 17.2. The number of carboxylic acid groups (broad SMARTS) is 1. The summed E-state index contributed by atoms with van der Waals surface area (Å²) in [5, 5.41) is 9.31. The van der Waals surface area contributed by atoms with Crippen molar-refractivity contribution in [3.05, 3.63) is 53.6 Å². The van der Waals surface area contributed by atoms with Gasteiger partial charge in [0.05, 0.1) is 23.3 Å². The number of aryl methyl sites for hydroxylation is 1. The molecule has 0 atom stereocenters. The lowest BCUT2D eigenvalue weighted by atomic mass is 10.1. The van der Waals surface area contributed by atoms with Crippen LogP contribution in [0, 0.1) is 6.92 Å². The fraction of sp³-hybridized carbons (Fsp3) is 0.188. The van der Waals surface area contributed by atoms with Gasteiger partial charge in [-0.25, -0.2) is 13.2 Å². The van der Waals surface area contributed by atoms with Gasteiger partial charge in [0.2, 0.25) is 0 Å². The SMILES string of the molecule is COc1ccc(S(=O)(=O)N(C)c2c(C)cccc2C(=O)O)cc1. The minimum atomic E-state index is -3.88. The summed E-state index contributed by atoms with van der Waals surface area (Å²) in [4.78, 5) is 11.4. The second kappa shape index (κ2) is 6.29. The third-order valence-corrected chi connectivity index (χ3v) is 5.27. The van der Waals surface area contributed by atoms with Crippen molar-refractivity contribution in [1.29, 1.82) is 0 Å². The summed E-state index contributed by atoms with van der Waals surface area (Å²) in [5.74, 6) is -0.644. The lowest BCUT2D eigenvalue weighted by Crippen LogP contribution is -2.29. The lowest BCUT2D eigenvalue weighted by molar-refractivity contribution is 0.0697. The van der Waals surface area contributed by atoms with Gasteiger partial charge in [0.25, 0.3) is 10.0 Å². The largest absolute Gasteiger partial charge is 0.497 e. The molecule has 2 aromatic carbocycles. The predicted octanol–water partition coefficient (Wildman–Crippen LogP) is 2.53. The van der Waals surface area contributed by atoms with Crippen LogP contribution in [0.1, 0.15) is 15.9 Å². The Hall–Kier alpha value is -2.54. The summed E-state index contributed by atoms with van der Waals surface area (Å²) in [6, 6.07) is 10.5. The van der Waals surface area contributed by atoms with E-state index in [9.17, 15) is 18.3 Å². The summed E-state index contributed by atoms with van der Waals surface area (Å²) in [6.45, 7) is 1.67. The molecule has 122 valence electrons. The van der Waals surface area contributed by atoms with Crippen LogP contribution in [-0.2, 0) is 10.0 Å². The topological polar surface area (TPSA) is 83.9 Å². The Bertz CT molecular complexity index is 828. The maximum absolute atomic E-state index is 12.8. The van der Waals surface area contributed by atoms with Gasteiger partial charge >= 0.3 is 5.97 Å². The van der Waals surface area contributed by atoms with Gasteiger partial charge in [0.15, 0.2) is 0 Å². The number of sulfonamides is 1. The van der Waals surface area contributed by atoms with E-state index < -0.39 is 16.0 Å². The van der Waals surface area contributed by atoms with E-state index >= 15 is 0 Å². The van der Waals surface area contributed by atoms with Crippen molar-refractivity contribution in [2.45, 2.75) is 11.8 Å². The molecule has 0 aliphatic rings. The molecule has 1 N–H and O–H groups in total. The Balaban J connectivity index is 2.54. The van der Waals surface area contributed by atoms with E-state index in [1.54, 1.807) is 19.1 Å². The molecule has 23 heavy (non-hydrogen) atoms. The molecular formula is C16H17NO5S. The molecule has 0 amide bonds. The van der Waals surface area contributed by atoms with Crippen molar-refractivity contribution >= 4 is 21.7 Å². The molecule has 2 aromatic rings. The van der Waals surface area contributed by atoms with Gasteiger partial charge in [-0.2, -0.15) is 0 Å². The molecule has 0 unspecified atom stereocenters. The molecule has 0 fully saturated rings. The van der Waals surface area contributed by atoms with E-state index in [2.05, 4.69) is 0 Å². The Kier molecular flexibility index (Phi) is 4.60. The van der Waals surface area contributed by atoms with Gasteiger partial charge in [0, 0.05) is 7.05 Å². The smallest absolute Gasteiger partial charge is 0.337 e. The van der Waals surface area contributed by atoms with Crippen molar-refractivity contribution in [3.8, 4) is 5.75 Å². The Morgan fingerprint density at radius 1 is 1.13 bits per heavy atom. The highest BCUT2D eigenvalue weighted by molar-refractivity contribution is 7.92. The molecule has 6 nitrogen and oxygen atoms in total. The van der Waals surface area contributed by atoms with Crippen LogP contribution in [0.15, 0.2) is 47.4 Å². The molecule has 7 heteroatoms. The number of aromatic carboxylic acids is 1. The average molecular weight is 335 g/mol. The number of carbonyl (C=O) groups is 1. The normalized spacial score (nSPS) is 11.1. The van der Waals surface area contributed by atoms with Crippen LogP contribution in [-0.4, -0.2) is 33.7 Å². The number of nitrogens with zero attached hydrogens (tertiary/aromatic N) is 1. The fourth-order valence-electron chi connectivity index (χ4n) is 2.28. The van der Waals surface area contributed by atoms with Crippen molar-refractivity contribution in [2.75, 3.05) is 18.5 Å². The summed E-state index contributed by atoms with van der Waals surface area (Å²) in [5.41, 5.74) is 0.643. The molecule has 0 aliphatic heterocycles. The van der Waals surface area contributed by atoms with Gasteiger partial charge in [-0.05, 0) is 42.8 Å². The van der Waals surface area contributed by atoms with E-state index in [0.717, 1.165) is 4.31 Å². The maximum atomic E-state index is 12.8. The van der Waals surface area contributed by atoms with Crippen LogP contribution < -0.4 is 9.04 Å². The zero-order valence-electron chi connectivity index (χ0n) is 13.0. The second-order valence-electron chi connectivity index (χ2n) is 4.92. The number of hydrogen-bond acceptors (Lipinski definition) is 4. The van der Waals surface area contributed by atoms with Crippen LogP contribution >= 0.6 is 0 Å². The minimum absolute atomic E-state index is 0.0559.